The van der Waals surface area contributed by atoms with Crippen LogP contribution in [0.1, 0.15) is 49.0 Å². The lowest BCUT2D eigenvalue weighted by molar-refractivity contribution is 0.0929. The molecule has 0 spiro atoms. The second-order valence-corrected chi connectivity index (χ2v) is 8.46. The molecule has 0 atom stereocenters. The lowest BCUT2D eigenvalue weighted by Gasteiger charge is -2.36. The second kappa shape index (κ2) is 8.90. The number of aromatic nitrogens is 1. The molecule has 2 fully saturated rings. The highest BCUT2D eigenvalue weighted by molar-refractivity contribution is 7.13. The number of carbonyl (C=O) groups excluding carboxylic acids is 1. The van der Waals surface area contributed by atoms with Crippen molar-refractivity contribution in [2.45, 2.75) is 44.6 Å². The van der Waals surface area contributed by atoms with Gasteiger partial charge in [-0.25, -0.2) is 9.37 Å². The van der Waals surface area contributed by atoms with Gasteiger partial charge in [0.1, 0.15) is 11.5 Å². The first-order valence-corrected chi connectivity index (χ1v) is 11.1. The third-order valence-electron chi connectivity index (χ3n) is 5.66. The molecule has 0 unspecified atom stereocenters. The molecule has 2 heterocycles. The maximum Gasteiger partial charge on any atom is 0.271 e. The summed E-state index contributed by atoms with van der Waals surface area (Å²) in [7, 11) is 0. The van der Waals surface area contributed by atoms with Gasteiger partial charge in [0.25, 0.3) is 5.91 Å². The Kier molecular flexibility index (Phi) is 6.10. The summed E-state index contributed by atoms with van der Waals surface area (Å²) in [6, 6.07) is 6.94. The molecule has 4 rings (SSSR count). The van der Waals surface area contributed by atoms with E-state index in [-0.39, 0.29) is 11.7 Å². The summed E-state index contributed by atoms with van der Waals surface area (Å²) in [4.78, 5) is 21.6. The SMILES string of the molecule is O=C(NC1CCCCCC1)c1csc(N2CCN(c3ccc(F)cc3)CC2)n1. The fraction of sp³-hybridized carbons (Fsp3) is 0.524. The summed E-state index contributed by atoms with van der Waals surface area (Å²) in [5, 5.41) is 5.95. The highest BCUT2D eigenvalue weighted by Crippen LogP contribution is 2.24. The van der Waals surface area contributed by atoms with Crippen molar-refractivity contribution in [2.75, 3.05) is 36.0 Å². The van der Waals surface area contributed by atoms with Crippen LogP contribution in [0.5, 0.6) is 0 Å². The van der Waals surface area contributed by atoms with Gasteiger partial charge in [0.05, 0.1) is 0 Å². The topological polar surface area (TPSA) is 48.5 Å². The van der Waals surface area contributed by atoms with Crippen molar-refractivity contribution in [3.05, 3.63) is 41.2 Å². The van der Waals surface area contributed by atoms with E-state index in [4.69, 9.17) is 0 Å². The zero-order chi connectivity index (χ0) is 19.3. The summed E-state index contributed by atoms with van der Waals surface area (Å²) < 4.78 is 13.1. The van der Waals surface area contributed by atoms with Crippen LogP contribution in [-0.2, 0) is 0 Å². The van der Waals surface area contributed by atoms with Crippen molar-refractivity contribution < 1.29 is 9.18 Å². The van der Waals surface area contributed by atoms with Gasteiger partial charge >= 0.3 is 0 Å². The zero-order valence-corrected chi connectivity index (χ0v) is 16.9. The molecular formula is C21H27FN4OS. The van der Waals surface area contributed by atoms with E-state index >= 15 is 0 Å². The molecule has 1 aliphatic heterocycles. The summed E-state index contributed by atoms with van der Waals surface area (Å²) in [5.74, 6) is -0.251. The Balaban J connectivity index is 1.32. The number of nitrogens with zero attached hydrogens (tertiary/aromatic N) is 3. The fourth-order valence-electron chi connectivity index (χ4n) is 4.00. The number of benzene rings is 1. The normalized spacial score (nSPS) is 18.8. The number of rotatable bonds is 4. The van der Waals surface area contributed by atoms with Gasteiger partial charge in [0.2, 0.25) is 0 Å². The smallest absolute Gasteiger partial charge is 0.271 e. The van der Waals surface area contributed by atoms with E-state index in [2.05, 4.69) is 20.1 Å². The van der Waals surface area contributed by atoms with Crippen molar-refractivity contribution in [1.82, 2.24) is 10.3 Å². The van der Waals surface area contributed by atoms with Gasteiger partial charge in [0.15, 0.2) is 5.13 Å². The van der Waals surface area contributed by atoms with Crippen LogP contribution in [0.2, 0.25) is 0 Å². The Morgan fingerprint density at radius 2 is 1.64 bits per heavy atom. The lowest BCUT2D eigenvalue weighted by Crippen LogP contribution is -2.46. The maximum absolute atomic E-state index is 13.1. The maximum atomic E-state index is 13.1. The minimum absolute atomic E-state index is 0.0423. The van der Waals surface area contributed by atoms with Gasteiger partial charge in [-0.2, -0.15) is 0 Å². The van der Waals surface area contributed by atoms with Crippen LogP contribution in [0.4, 0.5) is 15.2 Å². The molecule has 2 aromatic rings. The predicted octanol–water partition coefficient (Wildman–Crippen LogP) is 4.06. The average Bonchev–Trinajstić information content (AvgIpc) is 3.08. The van der Waals surface area contributed by atoms with Gasteiger partial charge in [-0.05, 0) is 37.1 Å². The summed E-state index contributed by atoms with van der Waals surface area (Å²) in [6.45, 7) is 3.40. The molecule has 2 aliphatic rings. The first-order chi connectivity index (χ1) is 13.7. The first-order valence-electron chi connectivity index (χ1n) is 10.2. The van der Waals surface area contributed by atoms with E-state index in [1.807, 2.05) is 17.5 Å². The highest BCUT2D eigenvalue weighted by atomic mass is 32.1. The van der Waals surface area contributed by atoms with Gasteiger partial charge in [-0.15, -0.1) is 11.3 Å². The highest BCUT2D eigenvalue weighted by Gasteiger charge is 2.22. The van der Waals surface area contributed by atoms with Crippen LogP contribution >= 0.6 is 11.3 Å². The van der Waals surface area contributed by atoms with Crippen LogP contribution < -0.4 is 15.1 Å². The predicted molar refractivity (Wildman–Crippen MR) is 112 cm³/mol. The van der Waals surface area contributed by atoms with Crippen LogP contribution in [0, 0.1) is 5.82 Å². The largest absolute Gasteiger partial charge is 0.368 e. The Morgan fingerprint density at radius 1 is 1.00 bits per heavy atom. The third-order valence-corrected chi connectivity index (χ3v) is 6.56. The molecule has 150 valence electrons. The molecule has 1 amide bonds. The Hall–Kier alpha value is -2.15. The Bertz CT molecular complexity index is 778. The number of nitrogens with one attached hydrogen (secondary N) is 1. The number of carbonyl (C=O) groups is 1. The van der Waals surface area contributed by atoms with Crippen LogP contribution in [0.25, 0.3) is 0 Å². The minimum atomic E-state index is -0.208. The van der Waals surface area contributed by atoms with Gasteiger partial charge in [-0.3, -0.25) is 4.79 Å². The van der Waals surface area contributed by atoms with E-state index in [1.54, 1.807) is 0 Å². The molecule has 28 heavy (non-hydrogen) atoms. The number of thiazole rings is 1. The summed E-state index contributed by atoms with van der Waals surface area (Å²) in [5.41, 5.74) is 1.58. The Morgan fingerprint density at radius 3 is 2.32 bits per heavy atom. The van der Waals surface area contributed by atoms with Gasteiger partial charge in [-0.1, -0.05) is 25.7 Å². The molecule has 5 nitrogen and oxygen atoms in total. The van der Waals surface area contributed by atoms with E-state index in [9.17, 15) is 9.18 Å². The molecule has 0 radical (unpaired) electrons. The number of halogens is 1. The van der Waals surface area contributed by atoms with Crippen molar-refractivity contribution >= 4 is 28.1 Å². The van der Waals surface area contributed by atoms with Gasteiger partial charge in [0, 0.05) is 43.3 Å². The molecule has 1 saturated heterocycles. The third kappa shape index (κ3) is 4.63. The molecule has 1 N–H and O–H groups in total. The second-order valence-electron chi connectivity index (χ2n) is 7.63. The number of hydrogen-bond acceptors (Lipinski definition) is 5. The zero-order valence-electron chi connectivity index (χ0n) is 16.1. The standard InChI is InChI=1S/C21H27FN4OS/c22-16-7-9-18(10-8-16)25-11-13-26(14-12-25)21-24-19(15-28-21)20(27)23-17-5-3-1-2-4-6-17/h7-10,15,17H,1-6,11-14H2,(H,23,27). The molecule has 1 saturated carbocycles. The molecular weight excluding hydrogens is 375 g/mol. The van der Waals surface area contributed by atoms with Crippen molar-refractivity contribution in [3.63, 3.8) is 0 Å². The van der Waals surface area contributed by atoms with E-state index in [0.717, 1.165) is 49.8 Å². The monoisotopic (exact) mass is 402 g/mol. The number of piperazine rings is 1. The van der Waals surface area contributed by atoms with Crippen LogP contribution in [0.15, 0.2) is 29.6 Å². The van der Waals surface area contributed by atoms with E-state index in [1.165, 1.54) is 49.2 Å². The summed E-state index contributed by atoms with van der Waals surface area (Å²) >= 11 is 1.54. The minimum Gasteiger partial charge on any atom is -0.368 e. The summed E-state index contributed by atoms with van der Waals surface area (Å²) in [6.07, 6.45) is 7.10. The van der Waals surface area contributed by atoms with E-state index < -0.39 is 0 Å². The first kappa shape index (κ1) is 19.2. The van der Waals surface area contributed by atoms with Crippen molar-refractivity contribution in [2.24, 2.45) is 0 Å². The van der Waals surface area contributed by atoms with Crippen LogP contribution in [0.3, 0.4) is 0 Å². The average molecular weight is 403 g/mol. The molecule has 7 heteroatoms. The lowest BCUT2D eigenvalue weighted by atomic mass is 10.1. The number of amides is 1. The fourth-order valence-corrected chi connectivity index (χ4v) is 4.86. The molecule has 1 aliphatic carbocycles. The molecule has 1 aromatic carbocycles. The van der Waals surface area contributed by atoms with E-state index in [0.29, 0.717) is 11.7 Å². The number of anilines is 2. The van der Waals surface area contributed by atoms with Crippen molar-refractivity contribution in [3.8, 4) is 0 Å². The van der Waals surface area contributed by atoms with Crippen molar-refractivity contribution in [1.29, 1.82) is 0 Å². The van der Waals surface area contributed by atoms with Crippen LogP contribution in [-0.4, -0.2) is 43.1 Å². The molecule has 1 aromatic heterocycles. The molecule has 0 bridgehead atoms. The number of hydrogen-bond donors (Lipinski definition) is 1. The Labute approximate surface area is 169 Å². The van der Waals surface area contributed by atoms with Gasteiger partial charge < -0.3 is 15.1 Å². The quantitative estimate of drug-likeness (QED) is 0.784.